The lowest BCUT2D eigenvalue weighted by Gasteiger charge is -2.13. The van der Waals surface area contributed by atoms with Gasteiger partial charge in [0.15, 0.2) is 5.11 Å². The molecule has 0 heterocycles. The smallest absolute Gasteiger partial charge is 0.168 e. The first kappa shape index (κ1) is 11.0. The van der Waals surface area contributed by atoms with Gasteiger partial charge in [-0.25, -0.2) is 0 Å². The van der Waals surface area contributed by atoms with Gasteiger partial charge in [0.2, 0.25) is 0 Å². The summed E-state index contributed by atoms with van der Waals surface area (Å²) in [5, 5.41) is 3.34. The molecule has 0 saturated carbocycles. The van der Waals surface area contributed by atoms with Gasteiger partial charge in [-0.2, -0.15) is 0 Å². The molecule has 0 fully saturated rings. The molecule has 14 heavy (non-hydrogen) atoms. The lowest BCUT2D eigenvalue weighted by molar-refractivity contribution is 1.04. The molecule has 0 atom stereocenters. The number of thiocarbonyl (C=S) groups is 1. The third-order valence-electron chi connectivity index (χ3n) is 2.27. The van der Waals surface area contributed by atoms with E-state index in [0.29, 0.717) is 5.11 Å². The van der Waals surface area contributed by atoms with Crippen LogP contribution in [0.1, 0.15) is 25.0 Å². The predicted octanol–water partition coefficient (Wildman–Crippen LogP) is 2.47. The first-order valence-corrected chi connectivity index (χ1v) is 5.27. The molecule has 0 aliphatic rings. The molecule has 0 unspecified atom stereocenters. The van der Waals surface area contributed by atoms with Crippen LogP contribution in [0, 0.1) is 0 Å². The maximum atomic E-state index is 5.46. The Morgan fingerprint density at radius 1 is 1.36 bits per heavy atom. The average molecular weight is 208 g/mol. The summed E-state index contributed by atoms with van der Waals surface area (Å²) in [6.07, 6.45) is 2.03. The lowest BCUT2D eigenvalue weighted by Crippen LogP contribution is -2.20. The third-order valence-corrected chi connectivity index (χ3v) is 2.37. The summed E-state index contributed by atoms with van der Waals surface area (Å²) >= 11 is 4.83. The molecular weight excluding hydrogens is 192 g/mol. The molecule has 0 bridgehead atoms. The van der Waals surface area contributed by atoms with E-state index < -0.39 is 0 Å². The molecule has 3 N–H and O–H groups in total. The van der Waals surface area contributed by atoms with Gasteiger partial charge >= 0.3 is 0 Å². The Hall–Kier alpha value is -1.09. The monoisotopic (exact) mass is 208 g/mol. The topological polar surface area (TPSA) is 38.0 Å². The van der Waals surface area contributed by atoms with Crippen LogP contribution in [-0.4, -0.2) is 5.11 Å². The van der Waals surface area contributed by atoms with Crippen molar-refractivity contribution in [1.82, 2.24) is 0 Å². The molecule has 0 radical (unpaired) electrons. The zero-order valence-electron chi connectivity index (χ0n) is 8.63. The Labute approximate surface area is 90.5 Å². The molecule has 0 aliphatic carbocycles. The predicted molar refractivity (Wildman–Crippen MR) is 65.6 cm³/mol. The molecule has 1 aromatic rings. The molecule has 1 aromatic carbocycles. The number of nitrogens with two attached hydrogens (primary N) is 1. The highest BCUT2D eigenvalue weighted by Gasteiger charge is 2.04. The summed E-state index contributed by atoms with van der Waals surface area (Å²) in [6, 6.07) is 6.18. The zero-order chi connectivity index (χ0) is 10.6. The fourth-order valence-corrected chi connectivity index (χ4v) is 1.74. The van der Waals surface area contributed by atoms with Crippen molar-refractivity contribution in [1.29, 1.82) is 0 Å². The first-order chi connectivity index (χ1) is 6.69. The molecule has 0 aromatic heterocycles. The van der Waals surface area contributed by atoms with Gasteiger partial charge in [0.1, 0.15) is 0 Å². The van der Waals surface area contributed by atoms with E-state index in [1.165, 1.54) is 11.1 Å². The van der Waals surface area contributed by atoms with Gasteiger partial charge in [-0.1, -0.05) is 26.0 Å². The lowest BCUT2D eigenvalue weighted by atomic mass is 10.0. The van der Waals surface area contributed by atoms with Crippen LogP contribution in [0.25, 0.3) is 0 Å². The molecule has 3 heteroatoms. The zero-order valence-corrected chi connectivity index (χ0v) is 9.45. The fourth-order valence-electron chi connectivity index (χ4n) is 1.63. The Balaban J connectivity index is 3.08. The molecule has 0 aliphatic heterocycles. The van der Waals surface area contributed by atoms with Crippen LogP contribution >= 0.6 is 12.2 Å². The minimum atomic E-state index is 0.327. The van der Waals surface area contributed by atoms with Gasteiger partial charge in [0, 0.05) is 5.69 Å². The summed E-state index contributed by atoms with van der Waals surface area (Å²) in [4.78, 5) is 0. The summed E-state index contributed by atoms with van der Waals surface area (Å²) < 4.78 is 0. The summed E-state index contributed by atoms with van der Waals surface area (Å²) in [6.45, 7) is 4.29. The molecule has 76 valence electrons. The van der Waals surface area contributed by atoms with Crippen LogP contribution in [0.3, 0.4) is 0 Å². The highest BCUT2D eigenvalue weighted by Crippen LogP contribution is 2.20. The number of hydrogen-bond donors (Lipinski definition) is 2. The summed E-state index contributed by atoms with van der Waals surface area (Å²) in [7, 11) is 0. The largest absolute Gasteiger partial charge is 0.376 e. The van der Waals surface area contributed by atoms with Crippen LogP contribution in [0.15, 0.2) is 18.2 Å². The highest BCUT2D eigenvalue weighted by atomic mass is 32.1. The maximum absolute atomic E-state index is 5.46. The van der Waals surface area contributed by atoms with Gasteiger partial charge in [0.05, 0.1) is 0 Å². The number of anilines is 1. The number of rotatable bonds is 3. The Morgan fingerprint density at radius 3 is 2.57 bits per heavy atom. The second-order valence-electron chi connectivity index (χ2n) is 3.14. The van der Waals surface area contributed by atoms with Crippen LogP contribution in [0.2, 0.25) is 0 Å². The van der Waals surface area contributed by atoms with Crippen molar-refractivity contribution in [2.75, 3.05) is 5.32 Å². The number of hydrogen-bond acceptors (Lipinski definition) is 1. The second kappa shape index (κ2) is 4.96. The standard InChI is InChI=1S/C11H16N2S/c1-3-8-6-5-7-10(9(8)4-2)13-11(12)14/h5-7H,3-4H2,1-2H3,(H3,12,13,14). The molecule has 2 nitrogen and oxygen atoms in total. The molecular formula is C11H16N2S. The van der Waals surface area contributed by atoms with E-state index >= 15 is 0 Å². The minimum absolute atomic E-state index is 0.327. The van der Waals surface area contributed by atoms with Crippen molar-refractivity contribution in [2.45, 2.75) is 26.7 Å². The highest BCUT2D eigenvalue weighted by molar-refractivity contribution is 7.80. The van der Waals surface area contributed by atoms with Crippen molar-refractivity contribution < 1.29 is 0 Å². The van der Waals surface area contributed by atoms with Crippen LogP contribution in [0.5, 0.6) is 0 Å². The molecule has 1 rings (SSSR count). The Bertz CT molecular complexity index is 334. The van der Waals surface area contributed by atoms with Crippen molar-refractivity contribution in [3.05, 3.63) is 29.3 Å². The first-order valence-electron chi connectivity index (χ1n) is 4.86. The van der Waals surface area contributed by atoms with Crippen molar-refractivity contribution in [3.8, 4) is 0 Å². The van der Waals surface area contributed by atoms with E-state index in [2.05, 4.69) is 25.2 Å². The number of benzene rings is 1. The van der Waals surface area contributed by atoms with E-state index in [-0.39, 0.29) is 0 Å². The second-order valence-corrected chi connectivity index (χ2v) is 3.58. The fraction of sp³-hybridized carbons (Fsp3) is 0.364. The van der Waals surface area contributed by atoms with Gasteiger partial charge in [-0.05, 0) is 42.3 Å². The number of nitrogens with one attached hydrogen (secondary N) is 1. The van der Waals surface area contributed by atoms with Gasteiger partial charge in [-0.3, -0.25) is 0 Å². The van der Waals surface area contributed by atoms with Crippen molar-refractivity contribution in [3.63, 3.8) is 0 Å². The quantitative estimate of drug-likeness (QED) is 0.749. The molecule has 0 spiro atoms. The van der Waals surface area contributed by atoms with Gasteiger partial charge in [0.25, 0.3) is 0 Å². The van der Waals surface area contributed by atoms with E-state index in [4.69, 9.17) is 18.0 Å². The SMILES string of the molecule is CCc1cccc(NC(N)=S)c1CC. The Kier molecular flexibility index (Phi) is 3.89. The third kappa shape index (κ3) is 2.45. The van der Waals surface area contributed by atoms with Gasteiger partial charge < -0.3 is 11.1 Å². The minimum Gasteiger partial charge on any atom is -0.376 e. The Morgan fingerprint density at radius 2 is 2.07 bits per heavy atom. The normalized spacial score (nSPS) is 9.86. The van der Waals surface area contributed by atoms with E-state index in [1.54, 1.807) is 0 Å². The maximum Gasteiger partial charge on any atom is 0.168 e. The van der Waals surface area contributed by atoms with Crippen LogP contribution in [-0.2, 0) is 12.8 Å². The van der Waals surface area contributed by atoms with Crippen molar-refractivity contribution >= 4 is 23.0 Å². The summed E-state index contributed by atoms with van der Waals surface area (Å²) in [5.41, 5.74) is 9.16. The van der Waals surface area contributed by atoms with Crippen molar-refractivity contribution in [2.24, 2.45) is 5.73 Å². The van der Waals surface area contributed by atoms with Gasteiger partial charge in [-0.15, -0.1) is 0 Å². The molecule has 0 saturated heterocycles. The number of aryl methyl sites for hydroxylation is 1. The summed E-state index contributed by atoms with van der Waals surface area (Å²) in [5.74, 6) is 0. The van der Waals surface area contributed by atoms with E-state index in [9.17, 15) is 0 Å². The average Bonchev–Trinajstić information content (AvgIpc) is 2.16. The van der Waals surface area contributed by atoms with Crippen LogP contribution in [0.4, 0.5) is 5.69 Å². The van der Waals surface area contributed by atoms with E-state index in [1.807, 2.05) is 12.1 Å². The van der Waals surface area contributed by atoms with E-state index in [0.717, 1.165) is 18.5 Å². The van der Waals surface area contributed by atoms with Crippen LogP contribution < -0.4 is 11.1 Å². The molecule has 0 amide bonds.